The minimum atomic E-state index is -4.85. The van der Waals surface area contributed by atoms with E-state index in [2.05, 4.69) is 10.4 Å². The Morgan fingerprint density at radius 2 is 1.96 bits per heavy atom. The monoisotopic (exact) mass is 355 g/mol. The molecule has 0 fully saturated rings. The van der Waals surface area contributed by atoms with Crippen LogP contribution in [0.4, 0.5) is 13.2 Å². The SMILES string of the molecule is CCC(NC(=O)c1cnn(-c2ccccc2C)c1C(F)(F)F)C(=O)O. The second-order valence-electron chi connectivity index (χ2n) is 5.38. The molecule has 0 spiro atoms. The summed E-state index contributed by atoms with van der Waals surface area (Å²) >= 11 is 0. The molecule has 1 aromatic carbocycles. The fourth-order valence-electron chi connectivity index (χ4n) is 2.35. The Kier molecular flexibility index (Phi) is 5.15. The number of hydrogen-bond donors (Lipinski definition) is 2. The van der Waals surface area contributed by atoms with Gasteiger partial charge in [-0.25, -0.2) is 9.48 Å². The van der Waals surface area contributed by atoms with Crippen molar-refractivity contribution in [2.45, 2.75) is 32.5 Å². The Morgan fingerprint density at radius 3 is 2.48 bits per heavy atom. The van der Waals surface area contributed by atoms with Crippen LogP contribution in [0.15, 0.2) is 30.5 Å². The van der Waals surface area contributed by atoms with E-state index >= 15 is 0 Å². The lowest BCUT2D eigenvalue weighted by Crippen LogP contribution is -2.40. The number of aliphatic carboxylic acids is 1. The van der Waals surface area contributed by atoms with Crippen molar-refractivity contribution in [3.8, 4) is 5.69 Å². The Balaban J connectivity index is 2.52. The first-order valence-electron chi connectivity index (χ1n) is 7.41. The normalized spacial score (nSPS) is 12.7. The lowest BCUT2D eigenvalue weighted by molar-refractivity contribution is -0.143. The van der Waals surface area contributed by atoms with Gasteiger partial charge in [-0.1, -0.05) is 25.1 Å². The highest BCUT2D eigenvalue weighted by atomic mass is 19.4. The summed E-state index contributed by atoms with van der Waals surface area (Å²) in [6.45, 7) is 3.12. The van der Waals surface area contributed by atoms with Crippen LogP contribution >= 0.6 is 0 Å². The molecule has 1 unspecified atom stereocenters. The van der Waals surface area contributed by atoms with Crippen LogP contribution in [0.5, 0.6) is 0 Å². The van der Waals surface area contributed by atoms with Crippen molar-refractivity contribution in [3.63, 3.8) is 0 Å². The third-order valence-electron chi connectivity index (χ3n) is 3.64. The number of carboxylic acids is 1. The zero-order chi connectivity index (χ0) is 18.8. The van der Waals surface area contributed by atoms with Gasteiger partial charge in [0.15, 0.2) is 5.69 Å². The number of halogens is 3. The van der Waals surface area contributed by atoms with Crippen LogP contribution in [0, 0.1) is 6.92 Å². The van der Waals surface area contributed by atoms with Gasteiger partial charge in [0.05, 0.1) is 17.4 Å². The van der Waals surface area contributed by atoms with E-state index in [1.807, 2.05) is 0 Å². The smallest absolute Gasteiger partial charge is 0.434 e. The third kappa shape index (κ3) is 3.81. The molecule has 2 N–H and O–H groups in total. The summed E-state index contributed by atoms with van der Waals surface area (Å²) in [5.41, 5.74) is -1.26. The summed E-state index contributed by atoms with van der Waals surface area (Å²) in [6, 6.07) is 5.01. The Labute approximate surface area is 141 Å². The van der Waals surface area contributed by atoms with Gasteiger partial charge < -0.3 is 10.4 Å². The van der Waals surface area contributed by atoms with E-state index < -0.39 is 35.4 Å². The van der Waals surface area contributed by atoms with Crippen LogP contribution in [0.1, 0.15) is 35.0 Å². The van der Waals surface area contributed by atoms with Gasteiger partial charge in [-0.05, 0) is 25.0 Å². The van der Waals surface area contributed by atoms with Crippen molar-refractivity contribution in [2.24, 2.45) is 0 Å². The fourth-order valence-corrected chi connectivity index (χ4v) is 2.35. The number of hydrogen-bond acceptors (Lipinski definition) is 3. The van der Waals surface area contributed by atoms with Crippen molar-refractivity contribution in [1.82, 2.24) is 15.1 Å². The number of carboxylic acid groups (broad SMARTS) is 1. The first-order valence-corrected chi connectivity index (χ1v) is 7.41. The molecule has 0 radical (unpaired) electrons. The van der Waals surface area contributed by atoms with Gasteiger partial charge in [-0.3, -0.25) is 4.79 Å². The number of alkyl halides is 3. The molecule has 1 heterocycles. The number of amides is 1. The fraction of sp³-hybridized carbons (Fsp3) is 0.312. The van der Waals surface area contributed by atoms with Gasteiger partial charge in [-0.15, -0.1) is 0 Å². The zero-order valence-corrected chi connectivity index (χ0v) is 13.5. The zero-order valence-electron chi connectivity index (χ0n) is 13.5. The second kappa shape index (κ2) is 6.96. The first kappa shape index (κ1) is 18.5. The Hall–Kier alpha value is -2.84. The minimum Gasteiger partial charge on any atom is -0.480 e. The number of nitrogens with one attached hydrogen (secondary N) is 1. The highest BCUT2D eigenvalue weighted by Gasteiger charge is 2.41. The summed E-state index contributed by atoms with van der Waals surface area (Å²) in [6.07, 6.45) is -4.02. The molecule has 25 heavy (non-hydrogen) atoms. The molecule has 0 bridgehead atoms. The number of para-hydroxylation sites is 1. The summed E-state index contributed by atoms with van der Waals surface area (Å²) < 4.78 is 41.3. The van der Waals surface area contributed by atoms with Crippen LogP contribution < -0.4 is 5.32 Å². The van der Waals surface area contributed by atoms with E-state index in [0.717, 1.165) is 6.20 Å². The molecule has 1 amide bonds. The van der Waals surface area contributed by atoms with E-state index in [-0.39, 0.29) is 12.1 Å². The Morgan fingerprint density at radius 1 is 1.32 bits per heavy atom. The number of nitrogens with zero attached hydrogens (tertiary/aromatic N) is 2. The van der Waals surface area contributed by atoms with Crippen molar-refractivity contribution in [1.29, 1.82) is 0 Å². The highest BCUT2D eigenvalue weighted by Crippen LogP contribution is 2.34. The number of carbonyl (C=O) groups is 2. The number of rotatable bonds is 5. The van der Waals surface area contributed by atoms with Gasteiger partial charge in [-0.2, -0.15) is 18.3 Å². The molecule has 134 valence electrons. The molecule has 0 saturated heterocycles. The molecule has 9 heteroatoms. The highest BCUT2D eigenvalue weighted by molar-refractivity contribution is 5.97. The Bertz CT molecular complexity index is 799. The van der Waals surface area contributed by atoms with E-state index in [1.165, 1.54) is 13.0 Å². The predicted molar refractivity (Wildman–Crippen MR) is 82.5 cm³/mol. The third-order valence-corrected chi connectivity index (χ3v) is 3.64. The number of aromatic nitrogens is 2. The predicted octanol–water partition coefficient (Wildman–Crippen LogP) is 2.79. The molecule has 6 nitrogen and oxygen atoms in total. The molecular formula is C16H16F3N3O3. The standard InChI is InChI=1S/C16H16F3N3O3/c1-3-11(15(24)25)21-14(23)10-8-20-22(13(10)16(17,18)19)12-7-5-4-6-9(12)2/h4-8,11H,3H2,1-2H3,(H,21,23)(H,24,25). The van der Waals surface area contributed by atoms with Crippen molar-refractivity contribution in [3.05, 3.63) is 47.3 Å². The lowest BCUT2D eigenvalue weighted by atomic mass is 10.1. The van der Waals surface area contributed by atoms with Crippen LogP contribution in [-0.2, 0) is 11.0 Å². The van der Waals surface area contributed by atoms with Crippen LogP contribution in [-0.4, -0.2) is 32.8 Å². The molecule has 0 aliphatic rings. The molecular weight excluding hydrogens is 339 g/mol. The first-order chi connectivity index (χ1) is 11.7. The van der Waals surface area contributed by atoms with Crippen LogP contribution in [0.3, 0.4) is 0 Å². The number of aryl methyl sites for hydroxylation is 1. The quantitative estimate of drug-likeness (QED) is 0.864. The van der Waals surface area contributed by atoms with Gasteiger partial charge in [0, 0.05) is 0 Å². The molecule has 1 atom stereocenters. The molecule has 0 aliphatic carbocycles. The minimum absolute atomic E-state index is 0.0361. The maximum atomic E-state index is 13.5. The number of benzene rings is 1. The van der Waals surface area contributed by atoms with E-state index in [1.54, 1.807) is 25.1 Å². The summed E-state index contributed by atoms with van der Waals surface area (Å²) in [5, 5.41) is 14.7. The second-order valence-corrected chi connectivity index (χ2v) is 5.38. The summed E-state index contributed by atoms with van der Waals surface area (Å²) in [4.78, 5) is 23.2. The maximum absolute atomic E-state index is 13.5. The molecule has 0 aliphatic heterocycles. The molecule has 2 aromatic rings. The van der Waals surface area contributed by atoms with Gasteiger partial charge >= 0.3 is 12.1 Å². The lowest BCUT2D eigenvalue weighted by Gasteiger charge is -2.15. The summed E-state index contributed by atoms with van der Waals surface area (Å²) in [7, 11) is 0. The van der Waals surface area contributed by atoms with E-state index in [0.29, 0.717) is 10.2 Å². The van der Waals surface area contributed by atoms with Gasteiger partial charge in [0.1, 0.15) is 6.04 Å². The van der Waals surface area contributed by atoms with E-state index in [9.17, 15) is 22.8 Å². The average molecular weight is 355 g/mol. The molecule has 2 rings (SSSR count). The maximum Gasteiger partial charge on any atom is 0.434 e. The van der Waals surface area contributed by atoms with Crippen LogP contribution in [0.2, 0.25) is 0 Å². The average Bonchev–Trinajstić information content (AvgIpc) is 2.97. The number of carbonyl (C=O) groups excluding carboxylic acids is 1. The van der Waals surface area contributed by atoms with Crippen molar-refractivity contribution < 1.29 is 27.9 Å². The molecule has 1 aromatic heterocycles. The van der Waals surface area contributed by atoms with Crippen molar-refractivity contribution in [2.75, 3.05) is 0 Å². The largest absolute Gasteiger partial charge is 0.480 e. The van der Waals surface area contributed by atoms with Gasteiger partial charge in [0.25, 0.3) is 5.91 Å². The van der Waals surface area contributed by atoms with Crippen molar-refractivity contribution >= 4 is 11.9 Å². The van der Waals surface area contributed by atoms with Crippen LogP contribution in [0.25, 0.3) is 5.69 Å². The van der Waals surface area contributed by atoms with E-state index in [4.69, 9.17) is 5.11 Å². The topological polar surface area (TPSA) is 84.2 Å². The summed E-state index contributed by atoms with van der Waals surface area (Å²) in [5.74, 6) is -2.46. The van der Waals surface area contributed by atoms with Gasteiger partial charge in [0.2, 0.25) is 0 Å². The molecule has 0 saturated carbocycles.